The molecule has 1 heterocycles. The molecule has 0 bridgehead atoms. The Kier molecular flexibility index (Phi) is 4.59. The molecule has 14 heavy (non-hydrogen) atoms. The third kappa shape index (κ3) is 2.81. The molecule has 2 heteroatoms. The molecule has 0 amide bonds. The van der Waals surface area contributed by atoms with Gasteiger partial charge in [-0.25, -0.2) is 0 Å². The van der Waals surface area contributed by atoms with Gasteiger partial charge < -0.3 is 9.69 Å². The first-order valence-electron chi connectivity index (χ1n) is 5.88. The van der Waals surface area contributed by atoms with E-state index in [1.165, 1.54) is 6.42 Å². The lowest BCUT2D eigenvalue weighted by Crippen LogP contribution is -2.43. The first kappa shape index (κ1) is 11.7. The molecule has 1 aliphatic heterocycles. The van der Waals surface area contributed by atoms with Crippen molar-refractivity contribution in [1.82, 2.24) is 4.90 Å². The minimum absolute atomic E-state index is 0.330. The van der Waals surface area contributed by atoms with E-state index in [2.05, 4.69) is 25.7 Å². The fraction of sp³-hybridized carbons (Fsp3) is 0.917. The lowest BCUT2D eigenvalue weighted by Gasteiger charge is -2.38. The first-order valence-corrected chi connectivity index (χ1v) is 5.88. The third-order valence-electron chi connectivity index (χ3n) is 3.42. The summed E-state index contributed by atoms with van der Waals surface area (Å²) in [5.74, 6) is 1.06. The van der Waals surface area contributed by atoms with Crippen LogP contribution in [0.1, 0.15) is 40.0 Å². The van der Waals surface area contributed by atoms with Crippen molar-refractivity contribution in [3.8, 4) is 0 Å². The van der Waals surface area contributed by atoms with E-state index >= 15 is 0 Å². The second-order valence-electron chi connectivity index (χ2n) is 4.73. The molecule has 1 atom stereocenters. The highest BCUT2D eigenvalue weighted by atomic mass is 16.1. The molecule has 0 aliphatic carbocycles. The summed E-state index contributed by atoms with van der Waals surface area (Å²) in [6.07, 6.45) is 4.48. The molecule has 0 aromatic carbocycles. The molecule has 0 radical (unpaired) electrons. The van der Waals surface area contributed by atoms with Gasteiger partial charge in [-0.05, 0) is 38.3 Å². The molecule has 1 rings (SSSR count). The van der Waals surface area contributed by atoms with E-state index in [0.717, 1.165) is 38.1 Å². The normalized spacial score (nSPS) is 22.6. The van der Waals surface area contributed by atoms with Gasteiger partial charge in [-0.1, -0.05) is 20.8 Å². The fourth-order valence-corrected chi connectivity index (χ4v) is 2.54. The Hall–Kier alpha value is -0.370. The second kappa shape index (κ2) is 5.50. The predicted molar refractivity (Wildman–Crippen MR) is 59.3 cm³/mol. The van der Waals surface area contributed by atoms with Crippen molar-refractivity contribution in [2.24, 2.45) is 11.8 Å². The van der Waals surface area contributed by atoms with Crippen LogP contribution in [0.25, 0.3) is 0 Å². The maximum atomic E-state index is 10.6. The van der Waals surface area contributed by atoms with Crippen LogP contribution in [0.2, 0.25) is 0 Å². The molecule has 0 aromatic heterocycles. The SMILES string of the molecule is CCC(C(C)C)N1CCC(C=O)CC1. The highest BCUT2D eigenvalue weighted by molar-refractivity contribution is 5.53. The lowest BCUT2D eigenvalue weighted by atomic mass is 9.93. The molecule has 2 nitrogen and oxygen atoms in total. The Morgan fingerprint density at radius 3 is 2.29 bits per heavy atom. The van der Waals surface area contributed by atoms with Crippen LogP contribution in [0.5, 0.6) is 0 Å². The molecular formula is C12H23NO. The summed E-state index contributed by atoms with van der Waals surface area (Å²) < 4.78 is 0. The second-order valence-corrected chi connectivity index (χ2v) is 4.73. The lowest BCUT2D eigenvalue weighted by molar-refractivity contribution is -0.112. The average molecular weight is 197 g/mol. The fourth-order valence-electron chi connectivity index (χ4n) is 2.54. The Bertz CT molecular complexity index is 171. The van der Waals surface area contributed by atoms with Gasteiger partial charge in [0.05, 0.1) is 0 Å². The van der Waals surface area contributed by atoms with Gasteiger partial charge in [0.15, 0.2) is 0 Å². The number of carbonyl (C=O) groups is 1. The highest BCUT2D eigenvalue weighted by Gasteiger charge is 2.25. The Labute approximate surface area is 87.7 Å². The number of aldehydes is 1. The summed E-state index contributed by atoms with van der Waals surface area (Å²) in [6, 6.07) is 0.711. The van der Waals surface area contributed by atoms with Crippen LogP contribution in [-0.4, -0.2) is 30.3 Å². The van der Waals surface area contributed by atoms with Crippen molar-refractivity contribution in [1.29, 1.82) is 0 Å². The quantitative estimate of drug-likeness (QED) is 0.645. The number of likely N-dealkylation sites (tertiary alicyclic amines) is 1. The molecule has 0 aromatic rings. The third-order valence-corrected chi connectivity index (χ3v) is 3.42. The highest BCUT2D eigenvalue weighted by Crippen LogP contribution is 2.22. The molecule has 0 spiro atoms. The summed E-state index contributed by atoms with van der Waals surface area (Å²) in [5.41, 5.74) is 0. The molecule has 1 unspecified atom stereocenters. The largest absolute Gasteiger partial charge is 0.303 e. The van der Waals surface area contributed by atoms with E-state index in [-0.39, 0.29) is 0 Å². The Morgan fingerprint density at radius 1 is 1.36 bits per heavy atom. The minimum atomic E-state index is 0.330. The Morgan fingerprint density at radius 2 is 1.93 bits per heavy atom. The first-order chi connectivity index (χ1) is 6.69. The van der Waals surface area contributed by atoms with Crippen molar-refractivity contribution in [3.63, 3.8) is 0 Å². The number of hydrogen-bond acceptors (Lipinski definition) is 2. The van der Waals surface area contributed by atoms with Crippen molar-refractivity contribution in [3.05, 3.63) is 0 Å². The molecule has 0 saturated carbocycles. The van der Waals surface area contributed by atoms with Crippen molar-refractivity contribution in [2.75, 3.05) is 13.1 Å². The van der Waals surface area contributed by atoms with Gasteiger partial charge >= 0.3 is 0 Å². The monoisotopic (exact) mass is 197 g/mol. The average Bonchev–Trinajstić information content (AvgIpc) is 2.19. The Balaban J connectivity index is 2.43. The summed E-state index contributed by atoms with van der Waals surface area (Å²) in [6.45, 7) is 9.07. The summed E-state index contributed by atoms with van der Waals surface area (Å²) in [4.78, 5) is 13.2. The zero-order valence-electron chi connectivity index (χ0n) is 9.70. The van der Waals surface area contributed by atoms with Crippen LogP contribution in [0, 0.1) is 11.8 Å². The maximum Gasteiger partial charge on any atom is 0.123 e. The molecule has 0 N–H and O–H groups in total. The van der Waals surface area contributed by atoms with E-state index in [4.69, 9.17) is 0 Å². The van der Waals surface area contributed by atoms with E-state index in [1.807, 2.05) is 0 Å². The molecule has 82 valence electrons. The van der Waals surface area contributed by atoms with E-state index in [0.29, 0.717) is 12.0 Å². The van der Waals surface area contributed by atoms with Crippen molar-refractivity contribution >= 4 is 6.29 Å². The van der Waals surface area contributed by atoms with E-state index in [1.54, 1.807) is 0 Å². The minimum Gasteiger partial charge on any atom is -0.303 e. The zero-order chi connectivity index (χ0) is 10.6. The van der Waals surface area contributed by atoms with E-state index < -0.39 is 0 Å². The van der Waals surface area contributed by atoms with Gasteiger partial charge in [-0.3, -0.25) is 0 Å². The topological polar surface area (TPSA) is 20.3 Å². The summed E-state index contributed by atoms with van der Waals surface area (Å²) >= 11 is 0. The number of nitrogens with zero attached hydrogens (tertiary/aromatic N) is 1. The van der Waals surface area contributed by atoms with Gasteiger partial charge in [0.1, 0.15) is 6.29 Å². The number of rotatable bonds is 4. The molecule has 1 fully saturated rings. The van der Waals surface area contributed by atoms with E-state index in [9.17, 15) is 4.79 Å². The van der Waals surface area contributed by atoms with Gasteiger partial charge in [0.25, 0.3) is 0 Å². The van der Waals surface area contributed by atoms with Gasteiger partial charge in [0.2, 0.25) is 0 Å². The van der Waals surface area contributed by atoms with Crippen LogP contribution in [0.4, 0.5) is 0 Å². The summed E-state index contributed by atoms with van der Waals surface area (Å²) in [5, 5.41) is 0. The standard InChI is InChI=1S/C12H23NO/c1-4-12(10(2)3)13-7-5-11(9-14)6-8-13/h9-12H,4-8H2,1-3H3. The predicted octanol–water partition coefficient (Wildman–Crippen LogP) is 2.33. The van der Waals surface area contributed by atoms with Gasteiger partial charge in [-0.2, -0.15) is 0 Å². The number of carbonyl (C=O) groups excluding carboxylic acids is 1. The molecule has 1 saturated heterocycles. The van der Waals surface area contributed by atoms with Crippen LogP contribution in [0.3, 0.4) is 0 Å². The van der Waals surface area contributed by atoms with Crippen LogP contribution < -0.4 is 0 Å². The number of hydrogen-bond donors (Lipinski definition) is 0. The maximum absolute atomic E-state index is 10.6. The summed E-state index contributed by atoms with van der Waals surface area (Å²) in [7, 11) is 0. The number of piperidine rings is 1. The smallest absolute Gasteiger partial charge is 0.123 e. The van der Waals surface area contributed by atoms with Crippen LogP contribution in [0.15, 0.2) is 0 Å². The van der Waals surface area contributed by atoms with Crippen molar-refractivity contribution in [2.45, 2.75) is 46.1 Å². The molecular weight excluding hydrogens is 174 g/mol. The zero-order valence-corrected chi connectivity index (χ0v) is 9.70. The molecule has 1 aliphatic rings. The van der Waals surface area contributed by atoms with Crippen LogP contribution >= 0.6 is 0 Å². The van der Waals surface area contributed by atoms with Crippen LogP contribution in [-0.2, 0) is 4.79 Å². The van der Waals surface area contributed by atoms with Gasteiger partial charge in [0, 0.05) is 12.0 Å². The van der Waals surface area contributed by atoms with Crippen molar-refractivity contribution < 1.29 is 4.79 Å². The van der Waals surface area contributed by atoms with Gasteiger partial charge in [-0.15, -0.1) is 0 Å².